The lowest BCUT2D eigenvalue weighted by molar-refractivity contribution is -0.111. The Hall–Kier alpha value is -3.23. The SMILES string of the molecule is Cc1nn(-c2ccccc2)c(C)c1NC(=O)/C=C/c1ccc(S(=O)(=O)N2CCCCCC2)cc1. The maximum Gasteiger partial charge on any atom is 0.248 e. The number of amides is 1. The lowest BCUT2D eigenvalue weighted by atomic mass is 10.2. The van der Waals surface area contributed by atoms with Crippen LogP contribution < -0.4 is 5.32 Å². The van der Waals surface area contributed by atoms with Crippen molar-refractivity contribution >= 4 is 27.7 Å². The summed E-state index contributed by atoms with van der Waals surface area (Å²) in [5.74, 6) is -0.278. The number of benzene rings is 2. The molecule has 0 aliphatic carbocycles. The summed E-state index contributed by atoms with van der Waals surface area (Å²) < 4.78 is 29.2. The molecular formula is C26H30N4O3S. The number of hydrogen-bond donors (Lipinski definition) is 1. The van der Waals surface area contributed by atoms with Crippen molar-refractivity contribution in [3.63, 3.8) is 0 Å². The molecule has 1 N–H and O–H groups in total. The molecule has 0 bridgehead atoms. The first-order valence-corrected chi connectivity index (χ1v) is 13.0. The van der Waals surface area contributed by atoms with Crippen molar-refractivity contribution in [2.45, 2.75) is 44.4 Å². The summed E-state index contributed by atoms with van der Waals surface area (Å²) in [4.78, 5) is 12.9. The van der Waals surface area contributed by atoms with Crippen LogP contribution in [0.5, 0.6) is 0 Å². The van der Waals surface area contributed by atoms with E-state index < -0.39 is 10.0 Å². The van der Waals surface area contributed by atoms with E-state index in [0.29, 0.717) is 18.8 Å². The molecule has 2 aromatic carbocycles. The minimum absolute atomic E-state index is 0.278. The number of nitrogens with zero attached hydrogens (tertiary/aromatic N) is 3. The highest BCUT2D eigenvalue weighted by Gasteiger charge is 2.24. The summed E-state index contributed by atoms with van der Waals surface area (Å²) in [6, 6.07) is 16.4. The first-order valence-electron chi connectivity index (χ1n) is 11.6. The van der Waals surface area contributed by atoms with Gasteiger partial charge in [-0.05, 0) is 62.6 Å². The second-order valence-electron chi connectivity index (χ2n) is 8.50. The van der Waals surface area contributed by atoms with E-state index in [1.807, 2.05) is 44.2 Å². The highest BCUT2D eigenvalue weighted by atomic mass is 32.2. The van der Waals surface area contributed by atoms with Crippen LogP contribution in [0.1, 0.15) is 42.6 Å². The topological polar surface area (TPSA) is 84.3 Å². The molecule has 0 unspecified atom stereocenters. The fourth-order valence-electron chi connectivity index (χ4n) is 4.16. The molecule has 1 amide bonds. The second-order valence-corrected chi connectivity index (χ2v) is 10.4. The quantitative estimate of drug-likeness (QED) is 0.520. The zero-order valence-corrected chi connectivity index (χ0v) is 20.4. The van der Waals surface area contributed by atoms with Crippen molar-refractivity contribution in [2.24, 2.45) is 0 Å². The Labute approximate surface area is 201 Å². The predicted octanol–water partition coefficient (Wildman–Crippen LogP) is 4.71. The predicted molar refractivity (Wildman–Crippen MR) is 134 cm³/mol. The zero-order chi connectivity index (χ0) is 24.1. The second kappa shape index (κ2) is 10.4. The molecule has 0 radical (unpaired) electrons. The van der Waals surface area contributed by atoms with E-state index in [-0.39, 0.29) is 10.8 Å². The molecule has 0 saturated carbocycles. The van der Waals surface area contributed by atoms with Crippen molar-refractivity contribution in [1.82, 2.24) is 14.1 Å². The van der Waals surface area contributed by atoms with Crippen LogP contribution in [0.25, 0.3) is 11.8 Å². The van der Waals surface area contributed by atoms with Crippen LogP contribution in [0.4, 0.5) is 5.69 Å². The summed E-state index contributed by atoms with van der Waals surface area (Å²) in [5, 5.41) is 7.46. The lowest BCUT2D eigenvalue weighted by Gasteiger charge is -2.19. The number of carbonyl (C=O) groups excluding carboxylic acids is 1. The minimum atomic E-state index is -3.48. The van der Waals surface area contributed by atoms with Crippen LogP contribution in [0.15, 0.2) is 65.6 Å². The van der Waals surface area contributed by atoms with Gasteiger partial charge in [-0.15, -0.1) is 0 Å². The molecule has 8 heteroatoms. The number of aromatic nitrogens is 2. The lowest BCUT2D eigenvalue weighted by Crippen LogP contribution is -2.31. The Morgan fingerprint density at radius 2 is 1.59 bits per heavy atom. The number of hydrogen-bond acceptors (Lipinski definition) is 4. The van der Waals surface area contributed by atoms with Crippen LogP contribution in [0, 0.1) is 13.8 Å². The molecule has 4 rings (SSSR count). The van der Waals surface area contributed by atoms with Crippen LogP contribution in [-0.4, -0.2) is 41.5 Å². The van der Waals surface area contributed by atoms with E-state index in [0.717, 1.165) is 48.3 Å². The molecule has 1 aliphatic rings. The maximum atomic E-state index is 12.9. The van der Waals surface area contributed by atoms with E-state index in [1.165, 1.54) is 6.08 Å². The average molecular weight is 479 g/mol. The molecule has 1 fully saturated rings. The van der Waals surface area contributed by atoms with Gasteiger partial charge in [-0.2, -0.15) is 9.40 Å². The fourth-order valence-corrected chi connectivity index (χ4v) is 5.68. The molecule has 2 heterocycles. The van der Waals surface area contributed by atoms with Gasteiger partial charge in [-0.1, -0.05) is 43.2 Å². The normalized spacial score (nSPS) is 15.4. The Kier molecular flexibility index (Phi) is 7.29. The van der Waals surface area contributed by atoms with Crippen molar-refractivity contribution < 1.29 is 13.2 Å². The molecule has 3 aromatic rings. The van der Waals surface area contributed by atoms with Crippen molar-refractivity contribution in [1.29, 1.82) is 0 Å². The Balaban J connectivity index is 1.43. The molecular weight excluding hydrogens is 448 g/mol. The van der Waals surface area contributed by atoms with Crippen LogP contribution in [0.2, 0.25) is 0 Å². The van der Waals surface area contributed by atoms with Crippen LogP contribution in [0.3, 0.4) is 0 Å². The Morgan fingerprint density at radius 1 is 0.941 bits per heavy atom. The fraction of sp³-hybridized carbons (Fsp3) is 0.308. The average Bonchev–Trinajstić information content (AvgIpc) is 3.03. The van der Waals surface area contributed by atoms with Gasteiger partial charge in [0, 0.05) is 19.2 Å². The number of anilines is 1. The van der Waals surface area contributed by atoms with Gasteiger partial charge < -0.3 is 5.32 Å². The summed E-state index contributed by atoms with van der Waals surface area (Å²) in [6.45, 7) is 4.92. The minimum Gasteiger partial charge on any atom is -0.319 e. The van der Waals surface area contributed by atoms with E-state index in [1.54, 1.807) is 39.3 Å². The summed E-state index contributed by atoms with van der Waals surface area (Å²) in [5.41, 5.74) is 3.92. The standard InChI is InChI=1S/C26H30N4O3S/c1-20-26(21(2)30(28-20)23-10-6-5-7-11-23)27-25(31)17-14-22-12-15-24(16-13-22)34(32,33)29-18-8-3-4-9-19-29/h5-7,10-17H,3-4,8-9,18-19H2,1-2H3,(H,27,31)/b17-14+. The van der Waals surface area contributed by atoms with E-state index >= 15 is 0 Å². The first kappa shape index (κ1) is 23.9. The molecule has 1 aliphatic heterocycles. The zero-order valence-electron chi connectivity index (χ0n) is 19.6. The van der Waals surface area contributed by atoms with Crippen LogP contribution >= 0.6 is 0 Å². The van der Waals surface area contributed by atoms with Gasteiger partial charge in [0.25, 0.3) is 0 Å². The van der Waals surface area contributed by atoms with Gasteiger partial charge in [0.05, 0.1) is 27.7 Å². The molecule has 34 heavy (non-hydrogen) atoms. The number of nitrogens with one attached hydrogen (secondary N) is 1. The Morgan fingerprint density at radius 3 is 2.24 bits per heavy atom. The van der Waals surface area contributed by atoms with Gasteiger partial charge in [0.15, 0.2) is 0 Å². The molecule has 1 aromatic heterocycles. The van der Waals surface area contributed by atoms with Gasteiger partial charge in [0.2, 0.25) is 15.9 Å². The van der Waals surface area contributed by atoms with E-state index in [9.17, 15) is 13.2 Å². The monoisotopic (exact) mass is 478 g/mol. The third kappa shape index (κ3) is 5.29. The van der Waals surface area contributed by atoms with Crippen molar-refractivity contribution in [3.8, 4) is 5.69 Å². The number of rotatable bonds is 6. The number of aryl methyl sites for hydroxylation is 1. The third-order valence-corrected chi connectivity index (χ3v) is 7.96. The van der Waals surface area contributed by atoms with Gasteiger partial charge in [0.1, 0.15) is 0 Å². The van der Waals surface area contributed by atoms with E-state index in [4.69, 9.17) is 0 Å². The highest BCUT2D eigenvalue weighted by molar-refractivity contribution is 7.89. The Bertz CT molecular complexity index is 1270. The molecule has 0 atom stereocenters. The molecule has 0 spiro atoms. The molecule has 178 valence electrons. The smallest absolute Gasteiger partial charge is 0.248 e. The van der Waals surface area contributed by atoms with Crippen molar-refractivity contribution in [2.75, 3.05) is 18.4 Å². The van der Waals surface area contributed by atoms with Gasteiger partial charge >= 0.3 is 0 Å². The summed E-state index contributed by atoms with van der Waals surface area (Å²) >= 11 is 0. The number of carbonyl (C=O) groups is 1. The first-order chi connectivity index (χ1) is 16.4. The van der Waals surface area contributed by atoms with E-state index in [2.05, 4.69) is 10.4 Å². The van der Waals surface area contributed by atoms with Crippen molar-refractivity contribution in [3.05, 3.63) is 77.6 Å². The van der Waals surface area contributed by atoms with Crippen LogP contribution in [-0.2, 0) is 14.8 Å². The third-order valence-electron chi connectivity index (χ3n) is 6.05. The molecule has 1 saturated heterocycles. The summed E-state index contributed by atoms with van der Waals surface area (Å²) in [7, 11) is -3.48. The maximum absolute atomic E-state index is 12.9. The highest BCUT2D eigenvalue weighted by Crippen LogP contribution is 2.23. The number of para-hydroxylation sites is 1. The largest absolute Gasteiger partial charge is 0.319 e. The summed E-state index contributed by atoms with van der Waals surface area (Å²) in [6.07, 6.45) is 7.06. The molecule has 7 nitrogen and oxygen atoms in total. The van der Waals surface area contributed by atoms with Gasteiger partial charge in [-0.3, -0.25) is 4.79 Å². The number of sulfonamides is 1. The van der Waals surface area contributed by atoms with Gasteiger partial charge in [-0.25, -0.2) is 13.1 Å².